The van der Waals surface area contributed by atoms with Gasteiger partial charge in [0.2, 0.25) is 0 Å². The van der Waals surface area contributed by atoms with Crippen molar-refractivity contribution in [2.75, 3.05) is 33.2 Å². The molecule has 1 aromatic heterocycles. The summed E-state index contributed by atoms with van der Waals surface area (Å²) in [7, 11) is 1.92. The van der Waals surface area contributed by atoms with Crippen LogP contribution >= 0.6 is 15.9 Å². The van der Waals surface area contributed by atoms with Gasteiger partial charge in [-0.05, 0) is 77.2 Å². The molecule has 0 bridgehead atoms. The van der Waals surface area contributed by atoms with Crippen LogP contribution in [0.2, 0.25) is 0 Å². The molecule has 33 heavy (non-hydrogen) atoms. The first-order valence-corrected chi connectivity index (χ1v) is 12.7. The molecule has 2 aliphatic rings. The molecule has 1 aromatic carbocycles. The van der Waals surface area contributed by atoms with E-state index < -0.39 is 0 Å². The Bertz CT molecular complexity index is 999. The number of hydrogen-bond donors (Lipinski definition) is 0. The quantitative estimate of drug-likeness (QED) is 0.559. The van der Waals surface area contributed by atoms with Gasteiger partial charge in [-0.25, -0.2) is 9.97 Å². The van der Waals surface area contributed by atoms with Crippen LogP contribution in [0.3, 0.4) is 0 Å². The zero-order valence-corrected chi connectivity index (χ0v) is 21.7. The smallest absolute Gasteiger partial charge is 0.257 e. The van der Waals surface area contributed by atoms with Crippen LogP contribution in [0.4, 0.5) is 0 Å². The van der Waals surface area contributed by atoms with Gasteiger partial charge in [0.1, 0.15) is 6.33 Å². The molecule has 0 N–H and O–H groups in total. The van der Waals surface area contributed by atoms with E-state index in [-0.39, 0.29) is 11.4 Å². The van der Waals surface area contributed by atoms with E-state index in [4.69, 9.17) is 0 Å². The predicted octanol–water partition coefficient (Wildman–Crippen LogP) is 4.68. The fourth-order valence-corrected chi connectivity index (χ4v) is 5.69. The van der Waals surface area contributed by atoms with Crippen LogP contribution < -0.4 is 0 Å². The van der Waals surface area contributed by atoms with Gasteiger partial charge in [0.15, 0.2) is 0 Å². The van der Waals surface area contributed by atoms with E-state index in [1.54, 1.807) is 0 Å². The normalized spacial score (nSPS) is 20.2. The molecule has 2 aliphatic heterocycles. The summed E-state index contributed by atoms with van der Waals surface area (Å²) in [5.74, 6) is 0.575. The minimum atomic E-state index is 0.0738. The third-order valence-electron chi connectivity index (χ3n) is 7.59. The van der Waals surface area contributed by atoms with Crippen molar-refractivity contribution in [3.8, 4) is 0 Å². The van der Waals surface area contributed by atoms with Crippen molar-refractivity contribution >= 4 is 27.5 Å². The first kappa shape index (κ1) is 24.0. The fourth-order valence-electron chi connectivity index (χ4n) is 5.43. The average molecular weight is 512 g/mol. The summed E-state index contributed by atoms with van der Waals surface area (Å²) in [4.78, 5) is 30.9. The van der Waals surface area contributed by atoms with Gasteiger partial charge in [-0.15, -0.1) is 0 Å². The monoisotopic (exact) mass is 511 g/mol. The van der Waals surface area contributed by atoms with Crippen molar-refractivity contribution in [3.05, 3.63) is 57.6 Å². The second-order valence-electron chi connectivity index (χ2n) is 9.59. The van der Waals surface area contributed by atoms with Crippen LogP contribution in [-0.4, -0.2) is 70.2 Å². The SMILES string of the molecule is C/N=C(\c1ccc(Br)cc1)C1CCN(C2(C)CCN(C(=O)c3c(C)ncnc3C)CC2)CC1. The highest BCUT2D eigenvalue weighted by Crippen LogP contribution is 2.34. The number of carbonyl (C=O) groups excluding carboxylic acids is 1. The topological polar surface area (TPSA) is 61.7 Å². The number of aliphatic imine (C=N–C) groups is 1. The zero-order valence-electron chi connectivity index (χ0n) is 20.1. The number of rotatable bonds is 4. The van der Waals surface area contributed by atoms with E-state index in [0.29, 0.717) is 11.5 Å². The Hall–Kier alpha value is -2.12. The number of hydrogen-bond acceptors (Lipinski definition) is 5. The van der Waals surface area contributed by atoms with Crippen LogP contribution in [0.5, 0.6) is 0 Å². The van der Waals surface area contributed by atoms with Crippen LogP contribution in [0.1, 0.15) is 59.9 Å². The van der Waals surface area contributed by atoms with Crippen LogP contribution in [0.15, 0.2) is 40.1 Å². The van der Waals surface area contributed by atoms with Gasteiger partial charge in [-0.2, -0.15) is 0 Å². The van der Waals surface area contributed by atoms with E-state index >= 15 is 0 Å². The molecule has 2 saturated heterocycles. The van der Waals surface area contributed by atoms with E-state index in [1.807, 2.05) is 25.8 Å². The molecule has 0 radical (unpaired) electrons. The molecule has 7 heteroatoms. The lowest BCUT2D eigenvalue weighted by atomic mass is 9.82. The van der Waals surface area contributed by atoms with Gasteiger partial charge in [0.25, 0.3) is 5.91 Å². The summed E-state index contributed by atoms with van der Waals surface area (Å²) in [6.07, 6.45) is 5.78. The Morgan fingerprint density at radius 1 is 1.03 bits per heavy atom. The lowest BCUT2D eigenvalue weighted by Gasteiger charge is -2.49. The molecule has 6 nitrogen and oxygen atoms in total. The Kier molecular flexibility index (Phi) is 7.29. The lowest BCUT2D eigenvalue weighted by molar-refractivity contribution is 0.0164. The highest BCUT2D eigenvalue weighted by atomic mass is 79.9. The second-order valence-corrected chi connectivity index (χ2v) is 10.5. The average Bonchev–Trinajstić information content (AvgIpc) is 2.81. The summed E-state index contributed by atoms with van der Waals surface area (Å²) in [5, 5.41) is 0. The first-order chi connectivity index (χ1) is 15.8. The van der Waals surface area contributed by atoms with Crippen molar-refractivity contribution in [3.63, 3.8) is 0 Å². The zero-order chi connectivity index (χ0) is 23.6. The number of aromatic nitrogens is 2. The Morgan fingerprint density at radius 2 is 1.61 bits per heavy atom. The third kappa shape index (κ3) is 5.04. The van der Waals surface area contributed by atoms with Gasteiger partial charge < -0.3 is 4.90 Å². The highest BCUT2D eigenvalue weighted by Gasteiger charge is 2.39. The summed E-state index contributed by atoms with van der Waals surface area (Å²) < 4.78 is 1.10. The maximum atomic E-state index is 13.2. The molecule has 0 unspecified atom stereocenters. The fraction of sp³-hybridized carbons (Fsp3) is 0.538. The van der Waals surface area contributed by atoms with Crippen LogP contribution in [-0.2, 0) is 0 Å². The van der Waals surface area contributed by atoms with Crippen molar-refractivity contribution < 1.29 is 4.79 Å². The Balaban J connectivity index is 1.36. The molecule has 0 spiro atoms. The molecule has 2 aromatic rings. The second kappa shape index (κ2) is 10.0. The highest BCUT2D eigenvalue weighted by molar-refractivity contribution is 9.10. The minimum absolute atomic E-state index is 0.0738. The summed E-state index contributed by atoms with van der Waals surface area (Å²) >= 11 is 3.53. The van der Waals surface area contributed by atoms with Gasteiger partial charge in [0, 0.05) is 41.8 Å². The Labute approximate surface area is 205 Å². The molecule has 3 heterocycles. The number of halogens is 1. The molecule has 0 aliphatic carbocycles. The number of aryl methyl sites for hydroxylation is 2. The maximum absolute atomic E-state index is 13.2. The van der Waals surface area contributed by atoms with E-state index in [0.717, 1.165) is 67.7 Å². The Morgan fingerprint density at radius 3 is 2.15 bits per heavy atom. The largest absolute Gasteiger partial charge is 0.338 e. The summed E-state index contributed by atoms with van der Waals surface area (Å²) in [6.45, 7) is 9.88. The lowest BCUT2D eigenvalue weighted by Crippen LogP contribution is -2.56. The van der Waals surface area contributed by atoms with Crippen molar-refractivity contribution in [2.45, 2.75) is 52.0 Å². The summed E-state index contributed by atoms with van der Waals surface area (Å²) in [6, 6.07) is 8.51. The van der Waals surface area contributed by atoms with Crippen molar-refractivity contribution in [2.24, 2.45) is 10.9 Å². The van der Waals surface area contributed by atoms with E-state index in [9.17, 15) is 4.79 Å². The molecule has 2 fully saturated rings. The molecule has 0 saturated carbocycles. The van der Waals surface area contributed by atoms with Crippen molar-refractivity contribution in [1.82, 2.24) is 19.8 Å². The molecule has 176 valence electrons. The number of benzene rings is 1. The number of amides is 1. The minimum Gasteiger partial charge on any atom is -0.338 e. The number of nitrogens with zero attached hydrogens (tertiary/aromatic N) is 5. The number of piperidine rings is 2. The van der Waals surface area contributed by atoms with Gasteiger partial charge >= 0.3 is 0 Å². The first-order valence-electron chi connectivity index (χ1n) is 11.9. The van der Waals surface area contributed by atoms with E-state index in [1.165, 1.54) is 17.6 Å². The van der Waals surface area contributed by atoms with Crippen LogP contribution in [0, 0.1) is 19.8 Å². The van der Waals surface area contributed by atoms with Crippen LogP contribution in [0.25, 0.3) is 0 Å². The number of carbonyl (C=O) groups is 1. The molecule has 1 amide bonds. The number of likely N-dealkylation sites (tertiary alicyclic amines) is 2. The van der Waals surface area contributed by atoms with E-state index in [2.05, 4.69) is 67.0 Å². The molecule has 0 atom stereocenters. The molecular formula is C26H34BrN5O. The standard InChI is InChI=1S/C26H34BrN5O/c1-18-23(19(2)30-17-29-18)25(33)31-15-11-26(3,12-16-31)32-13-9-21(10-14-32)24(28-4)20-5-7-22(27)8-6-20/h5-8,17,21H,9-16H2,1-4H3/b28-24+. The van der Waals surface area contributed by atoms with Crippen molar-refractivity contribution in [1.29, 1.82) is 0 Å². The predicted molar refractivity (Wildman–Crippen MR) is 136 cm³/mol. The molecular weight excluding hydrogens is 478 g/mol. The maximum Gasteiger partial charge on any atom is 0.257 e. The molecule has 4 rings (SSSR count). The third-order valence-corrected chi connectivity index (χ3v) is 8.12. The summed E-state index contributed by atoms with van der Waals surface area (Å²) in [5.41, 5.74) is 4.79. The van der Waals surface area contributed by atoms with Gasteiger partial charge in [0.05, 0.1) is 17.0 Å². The van der Waals surface area contributed by atoms with Gasteiger partial charge in [-0.1, -0.05) is 28.1 Å². The van der Waals surface area contributed by atoms with Gasteiger partial charge in [-0.3, -0.25) is 14.7 Å².